The van der Waals surface area contributed by atoms with Crippen LogP contribution in [0.3, 0.4) is 0 Å². The Bertz CT molecular complexity index is 132. The van der Waals surface area contributed by atoms with Crippen molar-refractivity contribution in [2.75, 3.05) is 6.61 Å². The van der Waals surface area contributed by atoms with Crippen LogP contribution in [0.4, 0.5) is 0 Å². The zero-order valence-electron chi connectivity index (χ0n) is 6.05. The molecule has 66 valence electrons. The van der Waals surface area contributed by atoms with Crippen molar-refractivity contribution < 1.29 is 20.1 Å². The van der Waals surface area contributed by atoms with E-state index in [1.165, 1.54) is 0 Å². The Hall–Kier alpha value is -0.200. The van der Waals surface area contributed by atoms with Crippen molar-refractivity contribution in [3.63, 3.8) is 0 Å². The van der Waals surface area contributed by atoms with Gasteiger partial charge in [0.25, 0.3) is 0 Å². The Morgan fingerprint density at radius 3 is 2.64 bits per heavy atom. The summed E-state index contributed by atoms with van der Waals surface area (Å²) in [5.41, 5.74) is 5.37. The van der Waals surface area contributed by atoms with Gasteiger partial charge in [0.15, 0.2) is 6.29 Å². The van der Waals surface area contributed by atoms with Gasteiger partial charge in [0, 0.05) is 0 Å². The Balaban J connectivity index is 2.48. The lowest BCUT2D eigenvalue weighted by Gasteiger charge is -2.34. The third-order valence-electron chi connectivity index (χ3n) is 1.80. The van der Waals surface area contributed by atoms with Gasteiger partial charge in [-0.25, -0.2) is 0 Å². The van der Waals surface area contributed by atoms with Crippen LogP contribution in [0.2, 0.25) is 0 Å². The minimum atomic E-state index is -1.07. The van der Waals surface area contributed by atoms with Crippen LogP contribution in [0.25, 0.3) is 0 Å². The monoisotopic (exact) mass is 163 g/mol. The molecular weight excluding hydrogens is 150 g/mol. The number of hydrogen-bond donors (Lipinski definition) is 4. The maximum atomic E-state index is 9.18. The van der Waals surface area contributed by atoms with E-state index in [4.69, 9.17) is 20.7 Å². The van der Waals surface area contributed by atoms with Crippen molar-refractivity contribution in [1.82, 2.24) is 0 Å². The Labute approximate surface area is 64.4 Å². The lowest BCUT2D eigenvalue weighted by Crippen LogP contribution is -2.52. The molecule has 0 aromatic rings. The highest BCUT2D eigenvalue weighted by Gasteiger charge is 2.33. The minimum absolute atomic E-state index is 0.256. The van der Waals surface area contributed by atoms with E-state index < -0.39 is 24.5 Å². The molecule has 5 heteroatoms. The van der Waals surface area contributed by atoms with E-state index in [1.54, 1.807) is 0 Å². The van der Waals surface area contributed by atoms with Gasteiger partial charge in [-0.1, -0.05) is 0 Å². The molecule has 0 bridgehead atoms. The highest BCUT2D eigenvalue weighted by atomic mass is 16.6. The standard InChI is InChI=1S/C6H13NO4/c7-3-1-4(9)5(2-8)11-6(3)10/h3-6,8-10H,1-2,7H2/t3-,4-,5+,6?/m0/s1. The van der Waals surface area contributed by atoms with Crippen LogP contribution in [-0.2, 0) is 4.74 Å². The van der Waals surface area contributed by atoms with Crippen LogP contribution >= 0.6 is 0 Å². The van der Waals surface area contributed by atoms with Gasteiger partial charge in [-0.2, -0.15) is 0 Å². The number of aliphatic hydroxyl groups is 3. The average Bonchev–Trinajstić information content (AvgIpc) is 1.97. The second-order valence-electron chi connectivity index (χ2n) is 2.71. The maximum Gasteiger partial charge on any atom is 0.170 e. The summed E-state index contributed by atoms with van der Waals surface area (Å²) >= 11 is 0. The smallest absolute Gasteiger partial charge is 0.170 e. The predicted octanol–water partition coefficient (Wildman–Crippen LogP) is -2.23. The van der Waals surface area contributed by atoms with Crippen LogP contribution in [0.15, 0.2) is 0 Å². The fourth-order valence-corrected chi connectivity index (χ4v) is 1.08. The largest absolute Gasteiger partial charge is 0.394 e. The van der Waals surface area contributed by atoms with Crippen molar-refractivity contribution in [2.24, 2.45) is 5.73 Å². The Kier molecular flexibility index (Phi) is 2.80. The number of ether oxygens (including phenoxy) is 1. The summed E-state index contributed by atoms with van der Waals surface area (Å²) in [5, 5.41) is 26.8. The summed E-state index contributed by atoms with van der Waals surface area (Å²) in [5.74, 6) is 0. The normalized spacial score (nSPS) is 45.8. The van der Waals surface area contributed by atoms with Crippen molar-refractivity contribution in [3.8, 4) is 0 Å². The van der Waals surface area contributed by atoms with E-state index in [1.807, 2.05) is 0 Å². The van der Waals surface area contributed by atoms with Gasteiger partial charge in [0.2, 0.25) is 0 Å². The van der Waals surface area contributed by atoms with E-state index in [0.717, 1.165) is 0 Å². The molecule has 0 radical (unpaired) electrons. The molecule has 0 saturated carbocycles. The van der Waals surface area contributed by atoms with Crippen molar-refractivity contribution >= 4 is 0 Å². The third-order valence-corrected chi connectivity index (χ3v) is 1.80. The molecule has 1 unspecified atom stereocenters. The SMILES string of the molecule is N[C@H]1C[C@H](O)[C@@H](CO)OC1O. The first-order valence-electron chi connectivity index (χ1n) is 3.53. The van der Waals surface area contributed by atoms with Gasteiger partial charge in [-0.3, -0.25) is 0 Å². The topological polar surface area (TPSA) is 95.9 Å². The van der Waals surface area contributed by atoms with Crippen molar-refractivity contribution in [1.29, 1.82) is 0 Å². The zero-order chi connectivity index (χ0) is 8.43. The average molecular weight is 163 g/mol. The second-order valence-corrected chi connectivity index (χ2v) is 2.71. The van der Waals surface area contributed by atoms with E-state index in [0.29, 0.717) is 0 Å². The van der Waals surface area contributed by atoms with Crippen LogP contribution in [-0.4, -0.2) is 46.5 Å². The van der Waals surface area contributed by atoms with Crippen LogP contribution in [0.1, 0.15) is 6.42 Å². The van der Waals surface area contributed by atoms with Gasteiger partial charge in [-0.05, 0) is 6.42 Å². The quantitative estimate of drug-likeness (QED) is 0.351. The van der Waals surface area contributed by atoms with Crippen LogP contribution < -0.4 is 5.73 Å². The lowest BCUT2D eigenvalue weighted by molar-refractivity contribution is -0.216. The molecule has 5 N–H and O–H groups in total. The Morgan fingerprint density at radius 2 is 2.09 bits per heavy atom. The molecule has 0 amide bonds. The minimum Gasteiger partial charge on any atom is -0.394 e. The van der Waals surface area contributed by atoms with Gasteiger partial charge >= 0.3 is 0 Å². The summed E-state index contributed by atoms with van der Waals surface area (Å²) in [6.07, 6.45) is -2.30. The summed E-state index contributed by atoms with van der Waals surface area (Å²) in [4.78, 5) is 0. The lowest BCUT2D eigenvalue weighted by atomic mass is 10.0. The molecule has 1 heterocycles. The van der Waals surface area contributed by atoms with Gasteiger partial charge in [-0.15, -0.1) is 0 Å². The zero-order valence-corrected chi connectivity index (χ0v) is 6.05. The molecule has 1 aliphatic rings. The van der Waals surface area contributed by atoms with E-state index in [-0.39, 0.29) is 13.0 Å². The first-order chi connectivity index (χ1) is 5.15. The Morgan fingerprint density at radius 1 is 1.45 bits per heavy atom. The molecule has 1 rings (SSSR count). The molecule has 0 aromatic carbocycles. The number of nitrogens with two attached hydrogens (primary N) is 1. The summed E-state index contributed by atoms with van der Waals surface area (Å²) in [6, 6.07) is -0.562. The van der Waals surface area contributed by atoms with Crippen molar-refractivity contribution in [2.45, 2.75) is 31.0 Å². The third kappa shape index (κ3) is 1.88. The van der Waals surface area contributed by atoms with Crippen LogP contribution in [0.5, 0.6) is 0 Å². The van der Waals surface area contributed by atoms with E-state index in [9.17, 15) is 5.11 Å². The molecule has 4 atom stereocenters. The van der Waals surface area contributed by atoms with Crippen molar-refractivity contribution in [3.05, 3.63) is 0 Å². The second kappa shape index (κ2) is 3.46. The molecule has 1 fully saturated rings. The molecule has 0 aliphatic carbocycles. The molecular formula is C6H13NO4. The first-order valence-corrected chi connectivity index (χ1v) is 3.53. The number of aliphatic hydroxyl groups excluding tert-OH is 3. The highest BCUT2D eigenvalue weighted by Crippen LogP contribution is 2.16. The summed E-state index contributed by atoms with van der Waals surface area (Å²) < 4.78 is 4.79. The maximum absolute atomic E-state index is 9.18. The van der Waals surface area contributed by atoms with Crippen LogP contribution in [0, 0.1) is 0 Å². The molecule has 5 nitrogen and oxygen atoms in total. The van der Waals surface area contributed by atoms with E-state index in [2.05, 4.69) is 0 Å². The molecule has 0 aromatic heterocycles. The highest BCUT2D eigenvalue weighted by molar-refractivity contribution is 4.81. The van der Waals surface area contributed by atoms with Gasteiger partial charge in [0.05, 0.1) is 18.8 Å². The molecule has 1 aliphatic heterocycles. The molecule has 0 spiro atoms. The van der Waals surface area contributed by atoms with Gasteiger partial charge < -0.3 is 25.8 Å². The fourth-order valence-electron chi connectivity index (χ4n) is 1.08. The van der Waals surface area contributed by atoms with Gasteiger partial charge in [0.1, 0.15) is 6.10 Å². The van der Waals surface area contributed by atoms with E-state index >= 15 is 0 Å². The first kappa shape index (κ1) is 8.89. The number of hydrogen-bond acceptors (Lipinski definition) is 5. The molecule has 11 heavy (non-hydrogen) atoms. The predicted molar refractivity (Wildman–Crippen MR) is 36.6 cm³/mol. The summed E-state index contributed by atoms with van der Waals surface area (Å²) in [6.45, 7) is -0.301. The summed E-state index contributed by atoms with van der Waals surface area (Å²) in [7, 11) is 0. The number of rotatable bonds is 1. The molecule has 1 saturated heterocycles. The fraction of sp³-hybridized carbons (Fsp3) is 1.00.